The molecule has 0 atom stereocenters. The standard InChI is InChI=1S/C16H24N2O4/c1-20-12-9-13(21-2)11-14(10-12)22-8-7-18-15(19)16(17)5-3-4-6-16/h9-11H,3-8,17H2,1-2H3,(H,18,19). The molecule has 0 spiro atoms. The monoisotopic (exact) mass is 308 g/mol. The molecule has 0 saturated heterocycles. The fraction of sp³-hybridized carbons (Fsp3) is 0.562. The van der Waals surface area contributed by atoms with Gasteiger partial charge in [0, 0.05) is 18.2 Å². The molecule has 0 unspecified atom stereocenters. The minimum Gasteiger partial charge on any atom is -0.496 e. The maximum Gasteiger partial charge on any atom is 0.240 e. The van der Waals surface area contributed by atoms with Gasteiger partial charge in [-0.05, 0) is 12.8 Å². The lowest BCUT2D eigenvalue weighted by molar-refractivity contribution is -0.126. The van der Waals surface area contributed by atoms with E-state index in [0.717, 1.165) is 25.7 Å². The second-order valence-electron chi connectivity index (χ2n) is 5.52. The van der Waals surface area contributed by atoms with Gasteiger partial charge in [0.25, 0.3) is 0 Å². The van der Waals surface area contributed by atoms with Crippen LogP contribution in [0.2, 0.25) is 0 Å². The van der Waals surface area contributed by atoms with Gasteiger partial charge in [-0.1, -0.05) is 12.8 Å². The first kappa shape index (κ1) is 16.4. The van der Waals surface area contributed by atoms with Crippen molar-refractivity contribution in [1.29, 1.82) is 0 Å². The van der Waals surface area contributed by atoms with Gasteiger partial charge in [0.05, 0.1) is 26.3 Å². The fourth-order valence-corrected chi connectivity index (χ4v) is 2.61. The zero-order chi connectivity index (χ0) is 16.0. The van der Waals surface area contributed by atoms with Gasteiger partial charge < -0.3 is 25.3 Å². The highest BCUT2D eigenvalue weighted by molar-refractivity contribution is 5.86. The van der Waals surface area contributed by atoms with Gasteiger partial charge in [0.15, 0.2) is 0 Å². The Bertz CT molecular complexity index is 491. The number of hydrogen-bond donors (Lipinski definition) is 2. The molecular formula is C16H24N2O4. The van der Waals surface area contributed by atoms with E-state index >= 15 is 0 Å². The Balaban J connectivity index is 1.80. The van der Waals surface area contributed by atoms with E-state index < -0.39 is 5.54 Å². The first-order valence-corrected chi connectivity index (χ1v) is 7.50. The van der Waals surface area contributed by atoms with Crippen molar-refractivity contribution in [3.05, 3.63) is 18.2 Å². The zero-order valence-corrected chi connectivity index (χ0v) is 13.2. The molecule has 22 heavy (non-hydrogen) atoms. The Morgan fingerprint density at radius 1 is 1.14 bits per heavy atom. The van der Waals surface area contributed by atoms with E-state index in [9.17, 15) is 4.79 Å². The van der Waals surface area contributed by atoms with Crippen molar-refractivity contribution in [3.8, 4) is 17.2 Å². The van der Waals surface area contributed by atoms with E-state index in [0.29, 0.717) is 30.4 Å². The Labute approximate surface area is 130 Å². The van der Waals surface area contributed by atoms with Gasteiger partial charge in [-0.15, -0.1) is 0 Å². The Morgan fingerprint density at radius 3 is 2.23 bits per heavy atom. The lowest BCUT2D eigenvalue weighted by Crippen LogP contribution is -2.52. The molecule has 0 bridgehead atoms. The summed E-state index contributed by atoms with van der Waals surface area (Å²) in [6.45, 7) is 0.773. The highest BCUT2D eigenvalue weighted by atomic mass is 16.5. The summed E-state index contributed by atoms with van der Waals surface area (Å²) in [5.41, 5.74) is 5.39. The van der Waals surface area contributed by atoms with Crippen LogP contribution in [0, 0.1) is 0 Å². The Hall–Kier alpha value is -1.95. The summed E-state index contributed by atoms with van der Waals surface area (Å²) in [5.74, 6) is 1.86. The number of nitrogens with one attached hydrogen (secondary N) is 1. The molecule has 1 aliphatic rings. The van der Waals surface area contributed by atoms with Crippen LogP contribution in [-0.4, -0.2) is 38.8 Å². The van der Waals surface area contributed by atoms with Crippen LogP contribution < -0.4 is 25.3 Å². The van der Waals surface area contributed by atoms with Crippen molar-refractivity contribution in [2.75, 3.05) is 27.4 Å². The van der Waals surface area contributed by atoms with Crippen molar-refractivity contribution in [1.82, 2.24) is 5.32 Å². The van der Waals surface area contributed by atoms with Crippen molar-refractivity contribution in [2.45, 2.75) is 31.2 Å². The Morgan fingerprint density at radius 2 is 1.68 bits per heavy atom. The molecule has 1 aromatic rings. The fourth-order valence-electron chi connectivity index (χ4n) is 2.61. The topological polar surface area (TPSA) is 82.8 Å². The molecule has 1 amide bonds. The van der Waals surface area contributed by atoms with Gasteiger partial charge in [0.1, 0.15) is 23.9 Å². The number of amides is 1. The molecule has 3 N–H and O–H groups in total. The normalized spacial score (nSPS) is 16.1. The third kappa shape index (κ3) is 4.04. The molecule has 122 valence electrons. The highest BCUT2D eigenvalue weighted by Gasteiger charge is 2.36. The molecule has 1 aliphatic carbocycles. The van der Waals surface area contributed by atoms with Gasteiger partial charge >= 0.3 is 0 Å². The first-order valence-electron chi connectivity index (χ1n) is 7.50. The molecule has 0 aliphatic heterocycles. The summed E-state index contributed by atoms with van der Waals surface area (Å²) in [6.07, 6.45) is 3.55. The predicted molar refractivity (Wildman–Crippen MR) is 83.4 cm³/mol. The summed E-state index contributed by atoms with van der Waals surface area (Å²) in [5, 5.41) is 2.84. The number of methoxy groups -OCH3 is 2. The summed E-state index contributed by atoms with van der Waals surface area (Å²) in [6, 6.07) is 5.31. The van der Waals surface area contributed by atoms with E-state index in [2.05, 4.69) is 5.32 Å². The number of benzene rings is 1. The molecule has 1 aromatic carbocycles. The maximum absolute atomic E-state index is 12.0. The molecule has 6 heteroatoms. The van der Waals surface area contributed by atoms with Crippen LogP contribution in [0.4, 0.5) is 0 Å². The van der Waals surface area contributed by atoms with Gasteiger partial charge in [0.2, 0.25) is 5.91 Å². The number of carbonyl (C=O) groups is 1. The number of hydrogen-bond acceptors (Lipinski definition) is 5. The van der Waals surface area contributed by atoms with E-state index in [1.807, 2.05) is 0 Å². The largest absolute Gasteiger partial charge is 0.496 e. The van der Waals surface area contributed by atoms with E-state index in [1.54, 1.807) is 32.4 Å². The summed E-state index contributed by atoms with van der Waals surface area (Å²) in [7, 11) is 3.17. The van der Waals surface area contributed by atoms with E-state index in [-0.39, 0.29) is 5.91 Å². The second-order valence-corrected chi connectivity index (χ2v) is 5.52. The van der Waals surface area contributed by atoms with Crippen molar-refractivity contribution >= 4 is 5.91 Å². The number of ether oxygens (including phenoxy) is 3. The molecule has 2 rings (SSSR count). The third-order valence-electron chi connectivity index (χ3n) is 3.93. The minimum atomic E-state index is -0.695. The summed E-state index contributed by atoms with van der Waals surface area (Å²) in [4.78, 5) is 12.0. The van der Waals surface area contributed by atoms with Crippen LogP contribution in [0.3, 0.4) is 0 Å². The molecule has 1 saturated carbocycles. The molecule has 0 radical (unpaired) electrons. The van der Waals surface area contributed by atoms with E-state index in [1.165, 1.54) is 0 Å². The van der Waals surface area contributed by atoms with Crippen molar-refractivity contribution in [2.24, 2.45) is 5.73 Å². The Kier molecular flexibility index (Phi) is 5.49. The number of rotatable bonds is 7. The highest BCUT2D eigenvalue weighted by Crippen LogP contribution is 2.28. The van der Waals surface area contributed by atoms with Crippen LogP contribution in [-0.2, 0) is 4.79 Å². The maximum atomic E-state index is 12.0. The van der Waals surface area contributed by atoms with Gasteiger partial charge in [-0.25, -0.2) is 0 Å². The number of nitrogens with two attached hydrogens (primary N) is 1. The minimum absolute atomic E-state index is 0.0863. The predicted octanol–water partition coefficient (Wildman–Crippen LogP) is 1.47. The van der Waals surface area contributed by atoms with Crippen molar-refractivity contribution in [3.63, 3.8) is 0 Å². The third-order valence-corrected chi connectivity index (χ3v) is 3.93. The van der Waals surface area contributed by atoms with Crippen LogP contribution in [0.1, 0.15) is 25.7 Å². The molecule has 0 aromatic heterocycles. The molecule has 0 heterocycles. The first-order chi connectivity index (χ1) is 10.6. The molecular weight excluding hydrogens is 284 g/mol. The van der Waals surface area contributed by atoms with Crippen molar-refractivity contribution < 1.29 is 19.0 Å². The van der Waals surface area contributed by atoms with Crippen LogP contribution in [0.5, 0.6) is 17.2 Å². The average molecular weight is 308 g/mol. The lowest BCUT2D eigenvalue weighted by Gasteiger charge is -2.22. The zero-order valence-electron chi connectivity index (χ0n) is 13.2. The SMILES string of the molecule is COc1cc(OC)cc(OCCNC(=O)C2(N)CCCC2)c1. The summed E-state index contributed by atoms with van der Waals surface area (Å²) >= 11 is 0. The van der Waals surface area contributed by atoms with Crippen LogP contribution in [0.15, 0.2) is 18.2 Å². The van der Waals surface area contributed by atoms with Gasteiger partial charge in [-0.2, -0.15) is 0 Å². The molecule has 1 fully saturated rings. The quantitative estimate of drug-likeness (QED) is 0.745. The summed E-state index contributed by atoms with van der Waals surface area (Å²) < 4.78 is 16.0. The second kappa shape index (κ2) is 7.35. The van der Waals surface area contributed by atoms with Gasteiger partial charge in [-0.3, -0.25) is 4.79 Å². The van der Waals surface area contributed by atoms with Crippen LogP contribution in [0.25, 0.3) is 0 Å². The lowest BCUT2D eigenvalue weighted by atomic mass is 9.98. The average Bonchev–Trinajstić information content (AvgIpc) is 2.99. The number of carbonyl (C=O) groups excluding carboxylic acids is 1. The van der Waals surface area contributed by atoms with E-state index in [4.69, 9.17) is 19.9 Å². The van der Waals surface area contributed by atoms with Crippen LogP contribution >= 0.6 is 0 Å². The molecule has 6 nitrogen and oxygen atoms in total. The smallest absolute Gasteiger partial charge is 0.240 e.